The van der Waals surface area contributed by atoms with Crippen molar-refractivity contribution in [3.05, 3.63) is 22.7 Å². The Bertz CT molecular complexity index is 418. The highest BCUT2D eigenvalue weighted by molar-refractivity contribution is 5.33. The van der Waals surface area contributed by atoms with Crippen molar-refractivity contribution in [3.63, 3.8) is 0 Å². The highest BCUT2D eigenvalue weighted by Crippen LogP contribution is 2.08. The van der Waals surface area contributed by atoms with Gasteiger partial charge in [-0.2, -0.15) is 0 Å². The molecular weight excluding hydrogens is 208 g/mol. The lowest BCUT2D eigenvalue weighted by Gasteiger charge is -2.18. The summed E-state index contributed by atoms with van der Waals surface area (Å²) in [4.78, 5) is 15.8. The van der Waals surface area contributed by atoms with E-state index in [0.29, 0.717) is 5.82 Å². The van der Waals surface area contributed by atoms with Crippen molar-refractivity contribution in [2.75, 3.05) is 25.5 Å². The number of nitrogens with zero attached hydrogens (tertiary/aromatic N) is 2. The van der Waals surface area contributed by atoms with Gasteiger partial charge in [0.25, 0.3) is 5.56 Å². The molecule has 6 heteroatoms. The van der Waals surface area contributed by atoms with E-state index in [2.05, 4.69) is 15.6 Å². The van der Waals surface area contributed by atoms with Crippen LogP contribution in [0.2, 0.25) is 0 Å². The van der Waals surface area contributed by atoms with Crippen LogP contribution in [0.3, 0.4) is 0 Å². The van der Waals surface area contributed by atoms with Crippen molar-refractivity contribution in [2.24, 2.45) is 7.05 Å². The lowest BCUT2D eigenvalue weighted by Crippen LogP contribution is -2.36. The average Bonchev–Trinajstić information content (AvgIpc) is 2.72. The van der Waals surface area contributed by atoms with Gasteiger partial charge in [0.2, 0.25) is 0 Å². The molecule has 2 heterocycles. The van der Waals surface area contributed by atoms with Crippen molar-refractivity contribution >= 4 is 5.82 Å². The fourth-order valence-electron chi connectivity index (χ4n) is 1.82. The predicted octanol–water partition coefficient (Wildman–Crippen LogP) is -0.821. The zero-order valence-electron chi connectivity index (χ0n) is 9.43. The third-order valence-corrected chi connectivity index (χ3v) is 2.80. The average molecular weight is 224 g/mol. The summed E-state index contributed by atoms with van der Waals surface area (Å²) < 4.78 is 6.80. The number of aryl methyl sites for hydroxylation is 1. The number of ether oxygens (including phenoxy) is 1. The predicted molar refractivity (Wildman–Crippen MR) is 60.6 cm³/mol. The van der Waals surface area contributed by atoms with Crippen molar-refractivity contribution in [1.82, 2.24) is 14.9 Å². The summed E-state index contributed by atoms with van der Waals surface area (Å²) in [6.45, 7) is 1.57. The zero-order chi connectivity index (χ0) is 11.5. The first-order valence-electron chi connectivity index (χ1n) is 5.24. The van der Waals surface area contributed by atoms with Crippen LogP contribution in [0, 0.1) is 0 Å². The Labute approximate surface area is 93.6 Å². The van der Waals surface area contributed by atoms with Gasteiger partial charge in [0.1, 0.15) is 0 Å². The molecule has 2 atom stereocenters. The number of rotatable bonds is 3. The van der Waals surface area contributed by atoms with E-state index >= 15 is 0 Å². The molecule has 1 unspecified atom stereocenters. The van der Waals surface area contributed by atoms with Crippen LogP contribution in [0.1, 0.15) is 0 Å². The lowest BCUT2D eigenvalue weighted by atomic mass is 10.2. The third-order valence-electron chi connectivity index (χ3n) is 2.80. The molecule has 2 rings (SSSR count). The van der Waals surface area contributed by atoms with E-state index in [-0.39, 0.29) is 17.7 Å². The van der Waals surface area contributed by atoms with Crippen LogP contribution in [0.25, 0.3) is 0 Å². The Kier molecular flexibility index (Phi) is 3.21. The van der Waals surface area contributed by atoms with E-state index in [1.165, 1.54) is 4.57 Å². The van der Waals surface area contributed by atoms with Crippen LogP contribution >= 0.6 is 0 Å². The van der Waals surface area contributed by atoms with Gasteiger partial charge in [0.15, 0.2) is 5.82 Å². The lowest BCUT2D eigenvalue weighted by molar-refractivity contribution is 0.111. The molecule has 1 aromatic rings. The normalized spacial score (nSPS) is 24.6. The van der Waals surface area contributed by atoms with Gasteiger partial charge in [-0.05, 0) is 0 Å². The van der Waals surface area contributed by atoms with Crippen LogP contribution in [0.5, 0.6) is 0 Å². The number of hydrogen-bond acceptors (Lipinski definition) is 5. The maximum absolute atomic E-state index is 11.7. The maximum atomic E-state index is 11.7. The summed E-state index contributed by atoms with van der Waals surface area (Å²) in [5.74, 6) is 0.376. The molecule has 1 aromatic heterocycles. The van der Waals surface area contributed by atoms with Crippen LogP contribution < -0.4 is 16.2 Å². The second-order valence-corrected chi connectivity index (χ2v) is 3.88. The summed E-state index contributed by atoms with van der Waals surface area (Å²) in [5, 5.41) is 6.32. The summed E-state index contributed by atoms with van der Waals surface area (Å²) in [6.07, 6.45) is 3.31. The van der Waals surface area contributed by atoms with Gasteiger partial charge in [-0.3, -0.25) is 4.79 Å². The molecule has 1 aliphatic heterocycles. The Hall–Kier alpha value is -1.40. The van der Waals surface area contributed by atoms with E-state index < -0.39 is 0 Å². The number of nitrogens with one attached hydrogen (secondary N) is 2. The number of aromatic nitrogens is 2. The standard InChI is InChI=1S/C10H16N4O2/c1-14-4-3-12-9(10(14)15)13-7-5-11-6-8(7)16-2/h3-4,7-8,11H,5-6H2,1-2H3,(H,12,13)/t7?,8-/m0/s1. The zero-order valence-corrected chi connectivity index (χ0v) is 9.43. The molecule has 1 saturated heterocycles. The highest BCUT2D eigenvalue weighted by atomic mass is 16.5. The molecule has 6 nitrogen and oxygen atoms in total. The van der Waals surface area contributed by atoms with Crippen molar-refractivity contribution in [1.29, 1.82) is 0 Å². The smallest absolute Gasteiger partial charge is 0.293 e. The van der Waals surface area contributed by atoms with Gasteiger partial charge >= 0.3 is 0 Å². The molecule has 0 aliphatic carbocycles. The second-order valence-electron chi connectivity index (χ2n) is 3.88. The fourth-order valence-corrected chi connectivity index (χ4v) is 1.82. The van der Waals surface area contributed by atoms with E-state index in [1.54, 1.807) is 26.6 Å². The van der Waals surface area contributed by atoms with E-state index in [0.717, 1.165) is 13.1 Å². The van der Waals surface area contributed by atoms with Gasteiger partial charge in [-0.1, -0.05) is 0 Å². The molecule has 2 N–H and O–H groups in total. The number of hydrogen-bond donors (Lipinski definition) is 2. The molecule has 0 bridgehead atoms. The van der Waals surface area contributed by atoms with E-state index in [1.807, 2.05) is 0 Å². The molecule has 16 heavy (non-hydrogen) atoms. The Morgan fingerprint density at radius 1 is 1.62 bits per heavy atom. The number of methoxy groups -OCH3 is 1. The molecule has 0 spiro atoms. The molecule has 0 amide bonds. The molecule has 0 saturated carbocycles. The Balaban J connectivity index is 2.15. The summed E-state index contributed by atoms with van der Waals surface area (Å²) in [6, 6.07) is 0.0904. The fraction of sp³-hybridized carbons (Fsp3) is 0.600. The van der Waals surface area contributed by atoms with Gasteiger partial charge < -0.3 is 19.9 Å². The van der Waals surface area contributed by atoms with E-state index in [9.17, 15) is 4.79 Å². The topological polar surface area (TPSA) is 68.2 Å². The first kappa shape index (κ1) is 11.1. The quantitative estimate of drug-likeness (QED) is 0.702. The molecule has 0 aromatic carbocycles. The minimum Gasteiger partial charge on any atom is -0.378 e. The van der Waals surface area contributed by atoms with Crippen molar-refractivity contribution in [3.8, 4) is 0 Å². The number of anilines is 1. The van der Waals surface area contributed by atoms with Crippen LogP contribution in [0.4, 0.5) is 5.82 Å². The molecule has 0 radical (unpaired) electrons. The minimum atomic E-state index is -0.121. The Morgan fingerprint density at radius 3 is 3.19 bits per heavy atom. The van der Waals surface area contributed by atoms with Gasteiger partial charge in [0.05, 0.1) is 12.1 Å². The monoisotopic (exact) mass is 224 g/mol. The van der Waals surface area contributed by atoms with Gasteiger partial charge in [-0.15, -0.1) is 0 Å². The van der Waals surface area contributed by atoms with E-state index in [4.69, 9.17) is 4.74 Å². The SMILES string of the molecule is CO[C@H]1CNCC1Nc1nccn(C)c1=O. The Morgan fingerprint density at radius 2 is 2.44 bits per heavy atom. The maximum Gasteiger partial charge on any atom is 0.293 e. The third kappa shape index (κ3) is 2.07. The van der Waals surface area contributed by atoms with Crippen molar-refractivity contribution in [2.45, 2.75) is 12.1 Å². The highest BCUT2D eigenvalue weighted by Gasteiger charge is 2.27. The minimum absolute atomic E-state index is 0.0757. The first-order chi connectivity index (χ1) is 7.72. The molecule has 1 fully saturated rings. The molecular formula is C10H16N4O2. The second kappa shape index (κ2) is 4.63. The van der Waals surface area contributed by atoms with Gasteiger partial charge in [0, 0.05) is 39.6 Å². The summed E-state index contributed by atoms with van der Waals surface area (Å²) >= 11 is 0. The van der Waals surface area contributed by atoms with Crippen LogP contribution in [-0.4, -0.2) is 41.9 Å². The largest absolute Gasteiger partial charge is 0.378 e. The summed E-state index contributed by atoms with van der Waals surface area (Å²) in [5.41, 5.74) is -0.121. The summed E-state index contributed by atoms with van der Waals surface area (Å²) in [7, 11) is 3.37. The molecule has 1 aliphatic rings. The van der Waals surface area contributed by atoms with Crippen LogP contribution in [-0.2, 0) is 11.8 Å². The first-order valence-corrected chi connectivity index (χ1v) is 5.24. The van der Waals surface area contributed by atoms with Crippen LogP contribution in [0.15, 0.2) is 17.2 Å². The van der Waals surface area contributed by atoms with Crippen molar-refractivity contribution < 1.29 is 4.74 Å². The molecule has 88 valence electrons. The van der Waals surface area contributed by atoms with Gasteiger partial charge in [-0.25, -0.2) is 4.98 Å².